The predicted octanol–water partition coefficient (Wildman–Crippen LogP) is 5.37. The number of benzene rings is 2. The van der Waals surface area contributed by atoms with Crippen molar-refractivity contribution >= 4 is 40.3 Å². The zero-order valence-electron chi connectivity index (χ0n) is 18.0. The Hall–Kier alpha value is -3.52. The van der Waals surface area contributed by atoms with Gasteiger partial charge in [0.1, 0.15) is 11.6 Å². The van der Waals surface area contributed by atoms with Crippen molar-refractivity contribution in [1.82, 2.24) is 0 Å². The van der Waals surface area contributed by atoms with E-state index in [-0.39, 0.29) is 30.1 Å². The number of ketones is 1. The topological polar surface area (TPSA) is 84.5 Å². The molecule has 0 aliphatic carbocycles. The van der Waals surface area contributed by atoms with E-state index in [9.17, 15) is 18.8 Å². The number of carbonyl (C=O) groups excluding carboxylic acids is 3. The van der Waals surface area contributed by atoms with Crippen molar-refractivity contribution in [3.8, 4) is 5.75 Å². The Bertz CT molecular complexity index is 1170. The maximum absolute atomic E-state index is 13.4. The molecule has 3 rings (SSSR count). The molecule has 0 unspecified atom stereocenters. The zero-order chi connectivity index (χ0) is 23.3. The zero-order valence-corrected chi connectivity index (χ0v) is 18.8. The van der Waals surface area contributed by atoms with E-state index in [1.165, 1.54) is 25.3 Å². The molecule has 0 fully saturated rings. The molecule has 3 aromatic rings. The highest BCUT2D eigenvalue weighted by Crippen LogP contribution is 2.29. The fourth-order valence-corrected chi connectivity index (χ4v) is 4.14. The number of halogens is 1. The monoisotopic (exact) mass is 454 g/mol. The van der Waals surface area contributed by atoms with Crippen LogP contribution >= 0.6 is 11.3 Å². The van der Waals surface area contributed by atoms with Crippen LogP contribution < -0.4 is 15.4 Å². The number of anilines is 2. The van der Waals surface area contributed by atoms with Crippen LogP contribution in [0.4, 0.5) is 15.8 Å². The number of nitrogens with one attached hydrogen (secondary N) is 2. The minimum absolute atomic E-state index is 0.0319. The molecule has 0 aliphatic rings. The van der Waals surface area contributed by atoms with Crippen molar-refractivity contribution in [1.29, 1.82) is 0 Å². The standard InChI is InChI=1S/C24H23FN2O4S/c1-14-11-19(15(2)32-14)21(28)8-10-23(29)26-18-7-9-22(31-3)20(13-18)27-24(30)16-5-4-6-17(25)12-16/h4-7,9,11-13H,8,10H2,1-3H3,(H,26,29)(H,27,30). The third-order valence-corrected chi connectivity index (χ3v) is 5.70. The molecule has 0 bridgehead atoms. The average molecular weight is 455 g/mol. The highest BCUT2D eigenvalue weighted by Gasteiger charge is 2.15. The van der Waals surface area contributed by atoms with Gasteiger partial charge in [0.25, 0.3) is 5.91 Å². The minimum atomic E-state index is -0.520. The van der Waals surface area contributed by atoms with Crippen LogP contribution in [-0.4, -0.2) is 24.7 Å². The molecule has 32 heavy (non-hydrogen) atoms. The number of rotatable bonds is 8. The number of thiophene rings is 1. The molecule has 0 aliphatic heterocycles. The average Bonchev–Trinajstić information content (AvgIpc) is 3.10. The quantitative estimate of drug-likeness (QED) is 0.449. The molecule has 1 aromatic heterocycles. The molecule has 0 saturated carbocycles. The summed E-state index contributed by atoms with van der Waals surface area (Å²) in [5, 5.41) is 5.39. The van der Waals surface area contributed by atoms with Crippen LogP contribution in [0.15, 0.2) is 48.5 Å². The normalized spacial score (nSPS) is 10.5. The van der Waals surface area contributed by atoms with Gasteiger partial charge in [0, 0.05) is 39.4 Å². The van der Waals surface area contributed by atoms with Gasteiger partial charge in [-0.15, -0.1) is 11.3 Å². The SMILES string of the molecule is COc1ccc(NC(=O)CCC(=O)c2cc(C)sc2C)cc1NC(=O)c1cccc(F)c1. The lowest BCUT2D eigenvalue weighted by Crippen LogP contribution is -2.15. The van der Waals surface area contributed by atoms with Gasteiger partial charge in [-0.25, -0.2) is 4.39 Å². The van der Waals surface area contributed by atoms with Crippen molar-refractivity contribution in [2.45, 2.75) is 26.7 Å². The molecule has 0 atom stereocenters. The molecule has 2 aromatic carbocycles. The molecular formula is C24H23FN2O4S. The second-order valence-electron chi connectivity index (χ2n) is 7.18. The smallest absolute Gasteiger partial charge is 0.255 e. The highest BCUT2D eigenvalue weighted by molar-refractivity contribution is 7.12. The van der Waals surface area contributed by atoms with Crippen LogP contribution in [0, 0.1) is 19.7 Å². The van der Waals surface area contributed by atoms with Gasteiger partial charge in [0.05, 0.1) is 12.8 Å². The summed E-state index contributed by atoms with van der Waals surface area (Å²) < 4.78 is 18.7. The third-order valence-electron chi connectivity index (χ3n) is 4.74. The van der Waals surface area contributed by atoms with Crippen molar-refractivity contribution in [2.24, 2.45) is 0 Å². The van der Waals surface area contributed by atoms with E-state index < -0.39 is 11.7 Å². The molecule has 2 amide bonds. The first-order chi connectivity index (χ1) is 15.3. The van der Waals surface area contributed by atoms with Crippen molar-refractivity contribution in [3.63, 3.8) is 0 Å². The Morgan fingerprint density at radius 3 is 2.44 bits per heavy atom. The van der Waals surface area contributed by atoms with Gasteiger partial charge in [0.15, 0.2) is 5.78 Å². The second-order valence-corrected chi connectivity index (χ2v) is 8.64. The van der Waals surface area contributed by atoms with Gasteiger partial charge in [-0.2, -0.15) is 0 Å². The maximum Gasteiger partial charge on any atom is 0.255 e. The van der Waals surface area contributed by atoms with E-state index in [1.807, 2.05) is 19.9 Å². The molecule has 0 spiro atoms. The fraction of sp³-hybridized carbons (Fsp3) is 0.208. The van der Waals surface area contributed by atoms with Gasteiger partial charge in [0.2, 0.25) is 5.91 Å². The lowest BCUT2D eigenvalue weighted by molar-refractivity contribution is -0.116. The van der Waals surface area contributed by atoms with E-state index in [1.54, 1.807) is 29.5 Å². The van der Waals surface area contributed by atoms with Gasteiger partial charge < -0.3 is 15.4 Å². The number of carbonyl (C=O) groups is 3. The molecule has 2 N–H and O–H groups in total. The first-order valence-electron chi connectivity index (χ1n) is 9.92. The van der Waals surface area contributed by atoms with Crippen molar-refractivity contribution in [2.75, 3.05) is 17.7 Å². The summed E-state index contributed by atoms with van der Waals surface area (Å²) in [4.78, 5) is 39.2. The van der Waals surface area contributed by atoms with Gasteiger partial charge >= 0.3 is 0 Å². The van der Waals surface area contributed by atoms with E-state index in [0.29, 0.717) is 22.7 Å². The third kappa shape index (κ3) is 5.79. The Labute approximate surface area is 189 Å². The van der Waals surface area contributed by atoms with Crippen LogP contribution in [0.25, 0.3) is 0 Å². The number of hydrogen-bond donors (Lipinski definition) is 2. The van der Waals surface area contributed by atoms with Crippen LogP contribution in [-0.2, 0) is 4.79 Å². The van der Waals surface area contributed by atoms with Crippen LogP contribution in [0.1, 0.15) is 43.3 Å². The molecule has 1 heterocycles. The second kappa shape index (κ2) is 10.2. The van der Waals surface area contributed by atoms with E-state index in [0.717, 1.165) is 15.8 Å². The number of ether oxygens (including phenoxy) is 1. The van der Waals surface area contributed by atoms with Crippen molar-refractivity contribution in [3.05, 3.63) is 75.2 Å². The number of hydrogen-bond acceptors (Lipinski definition) is 5. The Morgan fingerprint density at radius 1 is 1.00 bits per heavy atom. The molecule has 166 valence electrons. The van der Waals surface area contributed by atoms with Crippen molar-refractivity contribution < 1.29 is 23.5 Å². The summed E-state index contributed by atoms with van der Waals surface area (Å²) in [6.07, 6.45) is 0.131. The highest BCUT2D eigenvalue weighted by atomic mass is 32.1. The van der Waals surface area contributed by atoms with E-state index in [4.69, 9.17) is 4.74 Å². The lowest BCUT2D eigenvalue weighted by Gasteiger charge is -2.13. The number of Topliss-reactive ketones (excluding diaryl/α,β-unsaturated/α-hetero) is 1. The largest absolute Gasteiger partial charge is 0.495 e. The number of methoxy groups -OCH3 is 1. The lowest BCUT2D eigenvalue weighted by atomic mass is 10.1. The minimum Gasteiger partial charge on any atom is -0.495 e. The Balaban J connectivity index is 1.65. The Morgan fingerprint density at radius 2 is 1.78 bits per heavy atom. The summed E-state index contributed by atoms with van der Waals surface area (Å²) in [6, 6.07) is 11.9. The summed E-state index contributed by atoms with van der Waals surface area (Å²) in [6.45, 7) is 3.83. The molecule has 6 nitrogen and oxygen atoms in total. The van der Waals surface area contributed by atoms with Gasteiger partial charge in [-0.1, -0.05) is 6.07 Å². The fourth-order valence-electron chi connectivity index (χ4n) is 3.20. The first-order valence-corrected chi connectivity index (χ1v) is 10.7. The first kappa shape index (κ1) is 23.1. The summed E-state index contributed by atoms with van der Waals surface area (Å²) in [5.74, 6) is -1.05. The summed E-state index contributed by atoms with van der Waals surface area (Å²) >= 11 is 1.55. The molecule has 8 heteroatoms. The van der Waals surface area contributed by atoms with Crippen LogP contribution in [0.5, 0.6) is 5.75 Å². The molecule has 0 saturated heterocycles. The summed E-state index contributed by atoms with van der Waals surface area (Å²) in [7, 11) is 1.45. The van der Waals surface area contributed by atoms with Crippen LogP contribution in [0.3, 0.4) is 0 Å². The number of aryl methyl sites for hydroxylation is 2. The molecule has 0 radical (unpaired) electrons. The van der Waals surface area contributed by atoms with Crippen LogP contribution in [0.2, 0.25) is 0 Å². The maximum atomic E-state index is 13.4. The van der Waals surface area contributed by atoms with E-state index >= 15 is 0 Å². The summed E-state index contributed by atoms with van der Waals surface area (Å²) in [5.41, 5.74) is 1.56. The number of amides is 2. The predicted molar refractivity (Wildman–Crippen MR) is 123 cm³/mol. The molecular weight excluding hydrogens is 431 g/mol. The van der Waals surface area contributed by atoms with Gasteiger partial charge in [-0.05, 0) is 56.3 Å². The van der Waals surface area contributed by atoms with Gasteiger partial charge in [-0.3, -0.25) is 14.4 Å². The van der Waals surface area contributed by atoms with E-state index in [2.05, 4.69) is 10.6 Å². The Kier molecular flexibility index (Phi) is 7.37.